The fraction of sp³-hybridized carbons (Fsp3) is 0.950. The number of rotatable bonds is 17. The number of thioether (sulfide) groups is 1. The Balaban J connectivity index is 4.25. The van der Waals surface area contributed by atoms with Gasteiger partial charge in [-0.1, -0.05) is 78.0 Å². The highest BCUT2D eigenvalue weighted by molar-refractivity contribution is 8.14. The summed E-state index contributed by atoms with van der Waals surface area (Å²) >= 11 is 1.15. The second-order valence-electron chi connectivity index (χ2n) is 8.32. The van der Waals surface area contributed by atoms with E-state index in [-0.39, 0.29) is 22.4 Å². The minimum Gasteiger partial charge on any atom is -0.380 e. The highest BCUT2D eigenvalue weighted by Gasteiger charge is 2.23. The van der Waals surface area contributed by atoms with Crippen molar-refractivity contribution in [1.82, 2.24) is 0 Å². The van der Waals surface area contributed by atoms with Crippen LogP contribution in [0.3, 0.4) is 0 Å². The molecule has 0 heterocycles. The van der Waals surface area contributed by atoms with Crippen molar-refractivity contribution < 1.29 is 28.0 Å². The van der Waals surface area contributed by atoms with Gasteiger partial charge in [0.15, 0.2) is 5.12 Å². The van der Waals surface area contributed by atoms with Crippen LogP contribution in [0.1, 0.15) is 85.5 Å². The van der Waals surface area contributed by atoms with Gasteiger partial charge in [-0.05, 0) is 18.3 Å². The second-order valence-corrected chi connectivity index (χ2v) is 11.2. The van der Waals surface area contributed by atoms with Crippen molar-refractivity contribution >= 4 is 24.7 Å². The normalized spacial score (nSPS) is 15.4. The molecule has 0 amide bonds. The summed E-state index contributed by atoms with van der Waals surface area (Å²) < 4.78 is 26.6. The van der Waals surface area contributed by atoms with Crippen LogP contribution in [0.4, 0.5) is 0 Å². The lowest BCUT2D eigenvalue weighted by atomic mass is 9.93. The number of unbranched alkanes of at least 4 members (excludes halogenated alkanes) is 6. The summed E-state index contributed by atoms with van der Waals surface area (Å²) in [4.78, 5) is 21.7. The zero-order valence-corrected chi connectivity index (χ0v) is 20.1. The van der Waals surface area contributed by atoms with Crippen LogP contribution in [-0.4, -0.2) is 42.2 Å². The Labute approximate surface area is 176 Å². The van der Waals surface area contributed by atoms with Crippen molar-refractivity contribution in [3.8, 4) is 0 Å². The number of carbonyl (C=O) groups excluding carboxylic acids is 1. The van der Waals surface area contributed by atoms with Crippen LogP contribution in [-0.2, 0) is 23.1 Å². The van der Waals surface area contributed by atoms with Gasteiger partial charge in [0.2, 0.25) is 0 Å². The minimum absolute atomic E-state index is 0.0649. The van der Waals surface area contributed by atoms with Gasteiger partial charge in [-0.2, -0.15) is 0 Å². The average Bonchev–Trinajstić information content (AvgIpc) is 2.61. The van der Waals surface area contributed by atoms with Gasteiger partial charge in [0.25, 0.3) is 0 Å². The first kappa shape index (κ1) is 28.1. The van der Waals surface area contributed by atoms with Crippen molar-refractivity contribution in [3.63, 3.8) is 0 Å². The Hall–Kier alpha value is 0.0900. The molecule has 0 saturated heterocycles. The first-order chi connectivity index (χ1) is 13.1. The van der Waals surface area contributed by atoms with E-state index in [2.05, 4.69) is 32.2 Å². The Bertz CT molecular complexity index is 452. The highest BCUT2D eigenvalue weighted by atomic mass is 32.2. The van der Waals surface area contributed by atoms with E-state index >= 15 is 0 Å². The minimum atomic E-state index is -4.06. The maximum absolute atomic E-state index is 12.3. The summed E-state index contributed by atoms with van der Waals surface area (Å²) in [5.41, 5.74) is 0.170. The van der Waals surface area contributed by atoms with Gasteiger partial charge >= 0.3 is 7.82 Å². The van der Waals surface area contributed by atoms with Gasteiger partial charge in [0.1, 0.15) is 0 Å². The maximum atomic E-state index is 12.3. The van der Waals surface area contributed by atoms with Gasteiger partial charge in [0.05, 0.1) is 18.5 Å². The third kappa shape index (κ3) is 18.1. The molecule has 1 unspecified atom stereocenters. The lowest BCUT2D eigenvalue weighted by Gasteiger charge is -2.20. The molecule has 0 fully saturated rings. The molecular weight excluding hydrogens is 399 g/mol. The molecule has 0 aromatic rings. The third-order valence-corrected chi connectivity index (χ3v) is 6.25. The van der Waals surface area contributed by atoms with Crippen LogP contribution >= 0.6 is 19.6 Å². The summed E-state index contributed by atoms with van der Waals surface area (Å²) in [5, 5.41) is -0.251. The Morgan fingerprint density at radius 3 is 2.25 bits per heavy atom. The molecule has 0 aliphatic carbocycles. The number of ether oxygens (including phenoxy) is 1. The van der Waals surface area contributed by atoms with E-state index in [0.29, 0.717) is 19.6 Å². The number of phosphoric acid groups is 1. The van der Waals surface area contributed by atoms with Gasteiger partial charge in [0, 0.05) is 20.1 Å². The van der Waals surface area contributed by atoms with Crippen LogP contribution in [0.25, 0.3) is 0 Å². The van der Waals surface area contributed by atoms with E-state index in [0.717, 1.165) is 38.1 Å². The SMILES string of the molecule is CCCCCCCCCC(=O)S[C@H](COCCC(C)(C)C)COP(=O)(O)OC. The molecule has 8 heteroatoms. The van der Waals surface area contributed by atoms with Crippen LogP contribution in [0, 0.1) is 5.41 Å². The summed E-state index contributed by atoms with van der Waals surface area (Å²) in [7, 11) is -2.94. The van der Waals surface area contributed by atoms with Gasteiger partial charge in [-0.25, -0.2) is 4.57 Å². The third-order valence-electron chi connectivity index (χ3n) is 4.24. The van der Waals surface area contributed by atoms with Crippen LogP contribution in [0.5, 0.6) is 0 Å². The summed E-state index contributed by atoms with van der Waals surface area (Å²) in [6, 6.07) is 0. The lowest BCUT2D eigenvalue weighted by molar-refractivity contribution is -0.111. The lowest BCUT2D eigenvalue weighted by Crippen LogP contribution is -2.22. The van der Waals surface area contributed by atoms with Gasteiger partial charge in [-0.3, -0.25) is 13.8 Å². The fourth-order valence-corrected chi connectivity index (χ4v) is 3.92. The summed E-state index contributed by atoms with van der Waals surface area (Å²) in [6.07, 6.45) is 9.54. The first-order valence-corrected chi connectivity index (χ1v) is 12.8. The van der Waals surface area contributed by atoms with Crippen molar-refractivity contribution in [2.75, 3.05) is 26.9 Å². The maximum Gasteiger partial charge on any atom is 0.471 e. The van der Waals surface area contributed by atoms with Crippen LogP contribution < -0.4 is 0 Å². The molecular formula is C20H41O6PS. The molecule has 0 saturated carbocycles. The summed E-state index contributed by atoms with van der Waals surface area (Å²) in [6.45, 7) is 9.42. The highest BCUT2D eigenvalue weighted by Crippen LogP contribution is 2.42. The fourth-order valence-electron chi connectivity index (χ4n) is 2.41. The van der Waals surface area contributed by atoms with E-state index < -0.39 is 7.82 Å². The van der Waals surface area contributed by atoms with Gasteiger partial charge < -0.3 is 9.63 Å². The summed E-state index contributed by atoms with van der Waals surface area (Å²) in [5.74, 6) is 0. The quantitative estimate of drug-likeness (QED) is 0.220. The van der Waals surface area contributed by atoms with Crippen LogP contribution in [0.2, 0.25) is 0 Å². The molecule has 168 valence electrons. The predicted octanol–water partition coefficient (Wildman–Crippen LogP) is 5.97. The second kappa shape index (κ2) is 15.9. The standard InChI is InChI=1S/C20H41O6PS/c1-6-7-8-9-10-11-12-13-19(21)28-18(17-26-27(22,23)24-5)16-25-15-14-20(2,3)4/h18H,6-17H2,1-5H3,(H,22,23)/t18-/m1/s1. The molecule has 1 N–H and O–H groups in total. The molecule has 28 heavy (non-hydrogen) atoms. The van der Waals surface area contributed by atoms with Crippen molar-refractivity contribution in [3.05, 3.63) is 0 Å². The molecule has 0 bridgehead atoms. The van der Waals surface area contributed by atoms with E-state index in [9.17, 15) is 14.3 Å². The number of carbonyl (C=O) groups is 1. The molecule has 0 aromatic heterocycles. The monoisotopic (exact) mass is 440 g/mol. The van der Waals surface area contributed by atoms with Crippen LogP contribution in [0.15, 0.2) is 0 Å². The zero-order valence-electron chi connectivity index (χ0n) is 18.4. The van der Waals surface area contributed by atoms with Gasteiger partial charge in [-0.15, -0.1) is 0 Å². The number of phosphoric ester groups is 1. The average molecular weight is 441 g/mol. The van der Waals surface area contributed by atoms with E-state index in [1.165, 1.54) is 32.1 Å². The van der Waals surface area contributed by atoms with Crippen molar-refractivity contribution in [2.45, 2.75) is 90.7 Å². The molecule has 0 radical (unpaired) electrons. The first-order valence-electron chi connectivity index (χ1n) is 10.4. The smallest absolute Gasteiger partial charge is 0.380 e. The molecule has 6 nitrogen and oxygen atoms in total. The predicted molar refractivity (Wildman–Crippen MR) is 117 cm³/mol. The largest absolute Gasteiger partial charge is 0.471 e. The number of hydrogen-bond donors (Lipinski definition) is 1. The zero-order chi connectivity index (χ0) is 21.5. The molecule has 0 aliphatic heterocycles. The molecule has 0 aliphatic rings. The topological polar surface area (TPSA) is 82.1 Å². The van der Waals surface area contributed by atoms with E-state index in [1.54, 1.807) is 0 Å². The molecule has 0 spiro atoms. The molecule has 0 rings (SSSR count). The van der Waals surface area contributed by atoms with Crippen molar-refractivity contribution in [1.29, 1.82) is 0 Å². The Morgan fingerprint density at radius 2 is 1.68 bits per heavy atom. The Kier molecular flexibility index (Phi) is 15.9. The number of hydrogen-bond acceptors (Lipinski definition) is 6. The van der Waals surface area contributed by atoms with Crippen molar-refractivity contribution in [2.24, 2.45) is 5.41 Å². The van der Waals surface area contributed by atoms with E-state index in [4.69, 9.17) is 9.26 Å². The molecule has 0 aromatic carbocycles. The molecule has 2 atom stereocenters. The Morgan fingerprint density at radius 1 is 1.07 bits per heavy atom. The van der Waals surface area contributed by atoms with E-state index in [1.807, 2.05) is 0 Å².